The van der Waals surface area contributed by atoms with Gasteiger partial charge in [-0.25, -0.2) is 13.1 Å². The van der Waals surface area contributed by atoms with Crippen LogP contribution in [-0.4, -0.2) is 18.6 Å². The maximum absolute atomic E-state index is 11.9. The first-order chi connectivity index (χ1) is 7.97. The van der Waals surface area contributed by atoms with Crippen LogP contribution in [0.4, 0.5) is 11.7 Å². The van der Waals surface area contributed by atoms with Crippen LogP contribution in [0.3, 0.4) is 0 Å². The molecule has 0 atom stereocenters. The summed E-state index contributed by atoms with van der Waals surface area (Å²) in [5.74, 6) is 0.273. The van der Waals surface area contributed by atoms with Crippen LogP contribution < -0.4 is 10.5 Å². The molecule has 2 aromatic rings. The number of aryl methyl sites for hydroxylation is 1. The maximum Gasteiger partial charge on any atom is 0.329 e. The molecule has 2 rings (SSSR count). The molecule has 0 spiro atoms. The Morgan fingerprint density at radius 3 is 2.71 bits per heavy atom. The molecule has 0 amide bonds. The number of nitrogens with zero attached hydrogens (tertiary/aromatic N) is 2. The number of hydrogen-bond acceptors (Lipinski definition) is 6. The fourth-order valence-electron chi connectivity index (χ4n) is 1.19. The lowest BCUT2D eigenvalue weighted by atomic mass is 10.3. The highest BCUT2D eigenvalue weighted by molar-refractivity contribution is 7.92. The summed E-state index contributed by atoms with van der Waals surface area (Å²) < 4.78 is 30.8. The van der Waals surface area contributed by atoms with E-state index in [0.717, 1.165) is 0 Å². The van der Waals surface area contributed by atoms with Crippen molar-refractivity contribution in [3.8, 4) is 0 Å². The first kappa shape index (κ1) is 11.4. The van der Waals surface area contributed by atoms with Gasteiger partial charge in [-0.05, 0) is 18.2 Å². The van der Waals surface area contributed by atoms with Gasteiger partial charge < -0.3 is 10.2 Å². The number of aromatic nitrogens is 2. The van der Waals surface area contributed by atoms with E-state index in [9.17, 15) is 8.42 Å². The molecule has 1 heterocycles. The zero-order valence-corrected chi connectivity index (χ0v) is 9.73. The van der Waals surface area contributed by atoms with E-state index >= 15 is 0 Å². The summed E-state index contributed by atoms with van der Waals surface area (Å²) >= 11 is 0. The van der Waals surface area contributed by atoms with Crippen LogP contribution in [0.25, 0.3) is 0 Å². The first-order valence-electron chi connectivity index (χ1n) is 4.66. The standard InChI is InChI=1S/C9H10N4O3S/c1-6-11-12-9(16-6)13-17(14,15)8-4-2-3-7(10)5-8/h2-5H,10H2,1H3,(H,12,13). The fourth-order valence-corrected chi connectivity index (χ4v) is 2.17. The molecule has 0 aliphatic rings. The highest BCUT2D eigenvalue weighted by Gasteiger charge is 2.17. The third kappa shape index (κ3) is 2.53. The largest absolute Gasteiger partial charge is 0.408 e. The SMILES string of the molecule is Cc1nnc(NS(=O)(=O)c2cccc(N)c2)o1. The Kier molecular flexibility index (Phi) is 2.72. The van der Waals surface area contributed by atoms with Crippen molar-refractivity contribution in [3.05, 3.63) is 30.2 Å². The molecule has 1 aromatic heterocycles. The van der Waals surface area contributed by atoms with E-state index < -0.39 is 10.0 Å². The normalized spacial score (nSPS) is 11.4. The van der Waals surface area contributed by atoms with E-state index in [1.807, 2.05) is 0 Å². The Morgan fingerprint density at radius 1 is 1.35 bits per heavy atom. The van der Waals surface area contributed by atoms with Crippen molar-refractivity contribution in [1.29, 1.82) is 0 Å². The lowest BCUT2D eigenvalue weighted by Gasteiger charge is -2.04. The molecule has 1 aromatic carbocycles. The van der Waals surface area contributed by atoms with Gasteiger partial charge in [-0.2, -0.15) is 0 Å². The van der Waals surface area contributed by atoms with Gasteiger partial charge >= 0.3 is 6.01 Å². The van der Waals surface area contributed by atoms with E-state index in [1.165, 1.54) is 12.1 Å². The average molecular weight is 254 g/mol. The van der Waals surface area contributed by atoms with Crippen molar-refractivity contribution in [2.24, 2.45) is 0 Å². The summed E-state index contributed by atoms with van der Waals surface area (Å²) in [4.78, 5) is 0.0355. The molecule has 3 N–H and O–H groups in total. The maximum atomic E-state index is 11.9. The molecule has 90 valence electrons. The number of nitrogens with one attached hydrogen (secondary N) is 1. The molecule has 7 nitrogen and oxygen atoms in total. The van der Waals surface area contributed by atoms with Crippen LogP contribution in [0.1, 0.15) is 5.89 Å². The predicted octanol–water partition coefficient (Wildman–Crippen LogP) is 0.761. The minimum Gasteiger partial charge on any atom is -0.408 e. The van der Waals surface area contributed by atoms with Gasteiger partial charge in [0.1, 0.15) is 0 Å². The Balaban J connectivity index is 2.31. The Hall–Kier alpha value is -2.09. The third-order valence-electron chi connectivity index (χ3n) is 1.92. The first-order valence-corrected chi connectivity index (χ1v) is 6.14. The molecular weight excluding hydrogens is 244 g/mol. The number of benzene rings is 1. The molecule has 0 aliphatic carbocycles. The summed E-state index contributed by atoms with van der Waals surface area (Å²) in [5.41, 5.74) is 5.87. The Labute approximate surface area is 97.7 Å². The van der Waals surface area contributed by atoms with Crippen molar-refractivity contribution in [2.75, 3.05) is 10.5 Å². The predicted molar refractivity (Wildman–Crippen MR) is 60.7 cm³/mol. The topological polar surface area (TPSA) is 111 Å². The average Bonchev–Trinajstić information content (AvgIpc) is 2.63. The Morgan fingerprint density at radius 2 is 2.12 bits per heavy atom. The number of nitrogens with two attached hydrogens (primary N) is 1. The lowest BCUT2D eigenvalue weighted by molar-refractivity contribution is 0.534. The van der Waals surface area contributed by atoms with E-state index in [4.69, 9.17) is 10.2 Å². The van der Waals surface area contributed by atoms with Crippen LogP contribution in [0.15, 0.2) is 33.6 Å². The second-order valence-electron chi connectivity index (χ2n) is 3.30. The molecule has 0 radical (unpaired) electrons. The van der Waals surface area contributed by atoms with Crippen LogP contribution in [0.5, 0.6) is 0 Å². The van der Waals surface area contributed by atoms with Crippen molar-refractivity contribution in [3.63, 3.8) is 0 Å². The van der Waals surface area contributed by atoms with Crippen molar-refractivity contribution >= 4 is 21.7 Å². The Bertz CT molecular complexity index is 635. The minimum absolute atomic E-state index is 0.0355. The van der Waals surface area contributed by atoms with Gasteiger partial charge in [-0.15, -0.1) is 5.10 Å². The number of nitrogen functional groups attached to an aromatic ring is 1. The lowest BCUT2D eigenvalue weighted by Crippen LogP contribution is -2.13. The van der Waals surface area contributed by atoms with E-state index in [0.29, 0.717) is 5.69 Å². The van der Waals surface area contributed by atoms with Crippen LogP contribution in [0, 0.1) is 6.92 Å². The van der Waals surface area contributed by atoms with Gasteiger partial charge in [0.25, 0.3) is 10.0 Å². The summed E-state index contributed by atoms with van der Waals surface area (Å²) in [7, 11) is -3.75. The van der Waals surface area contributed by atoms with Gasteiger partial charge in [0.05, 0.1) is 4.90 Å². The van der Waals surface area contributed by atoms with Crippen LogP contribution in [0.2, 0.25) is 0 Å². The molecule has 8 heteroatoms. The second kappa shape index (κ2) is 4.06. The summed E-state index contributed by atoms with van der Waals surface area (Å²) in [6.45, 7) is 1.56. The number of rotatable bonds is 3. The minimum atomic E-state index is -3.75. The molecule has 0 unspecified atom stereocenters. The molecule has 0 saturated carbocycles. The zero-order valence-electron chi connectivity index (χ0n) is 8.91. The highest BCUT2D eigenvalue weighted by atomic mass is 32.2. The summed E-state index contributed by atoms with van der Waals surface area (Å²) in [5, 5.41) is 7.05. The van der Waals surface area contributed by atoms with Gasteiger partial charge in [0.15, 0.2) is 0 Å². The monoisotopic (exact) mass is 254 g/mol. The molecule has 0 bridgehead atoms. The molecule has 0 aliphatic heterocycles. The van der Waals surface area contributed by atoms with Crippen LogP contribution >= 0.6 is 0 Å². The number of sulfonamides is 1. The van der Waals surface area contributed by atoms with Crippen molar-refractivity contribution < 1.29 is 12.8 Å². The number of anilines is 2. The smallest absolute Gasteiger partial charge is 0.329 e. The van der Waals surface area contributed by atoms with Gasteiger partial charge in [-0.3, -0.25) is 0 Å². The zero-order chi connectivity index (χ0) is 12.5. The molecule has 0 saturated heterocycles. The fraction of sp³-hybridized carbons (Fsp3) is 0.111. The molecular formula is C9H10N4O3S. The third-order valence-corrected chi connectivity index (χ3v) is 3.23. The number of hydrogen-bond donors (Lipinski definition) is 2. The van der Waals surface area contributed by atoms with E-state index in [2.05, 4.69) is 14.9 Å². The second-order valence-corrected chi connectivity index (χ2v) is 4.99. The summed E-state index contributed by atoms with van der Waals surface area (Å²) in [6.07, 6.45) is 0. The van der Waals surface area contributed by atoms with Crippen molar-refractivity contribution in [2.45, 2.75) is 11.8 Å². The van der Waals surface area contributed by atoms with E-state index in [1.54, 1.807) is 19.1 Å². The molecule has 0 fully saturated rings. The van der Waals surface area contributed by atoms with Gasteiger partial charge in [0, 0.05) is 12.6 Å². The highest BCUT2D eigenvalue weighted by Crippen LogP contribution is 2.16. The quantitative estimate of drug-likeness (QED) is 0.782. The summed E-state index contributed by atoms with van der Waals surface area (Å²) in [6, 6.07) is 5.72. The van der Waals surface area contributed by atoms with Crippen molar-refractivity contribution in [1.82, 2.24) is 10.2 Å². The van der Waals surface area contributed by atoms with E-state index in [-0.39, 0.29) is 16.8 Å². The molecule has 17 heavy (non-hydrogen) atoms. The van der Waals surface area contributed by atoms with Gasteiger partial charge in [-0.1, -0.05) is 11.2 Å². The van der Waals surface area contributed by atoms with Gasteiger partial charge in [0.2, 0.25) is 5.89 Å². The van der Waals surface area contributed by atoms with Crippen LogP contribution in [-0.2, 0) is 10.0 Å².